The van der Waals surface area contributed by atoms with E-state index in [-0.39, 0.29) is 12.2 Å². The van der Waals surface area contributed by atoms with Crippen LogP contribution in [0.1, 0.15) is 46.0 Å². The molecule has 0 aromatic carbocycles. The summed E-state index contributed by atoms with van der Waals surface area (Å²) in [6, 6.07) is 0.432. The summed E-state index contributed by atoms with van der Waals surface area (Å²) >= 11 is 0. The molecular weight excluding hydrogens is 216 g/mol. The number of hydrogen-bond donors (Lipinski definition) is 1. The molecule has 1 amide bonds. The minimum atomic E-state index is 0.0353. The number of amides is 1. The highest BCUT2D eigenvalue weighted by Gasteiger charge is 2.45. The first-order chi connectivity index (χ1) is 8.21. The van der Waals surface area contributed by atoms with Crippen molar-refractivity contribution in [1.29, 1.82) is 0 Å². The van der Waals surface area contributed by atoms with E-state index in [1.807, 2.05) is 0 Å². The van der Waals surface area contributed by atoms with Crippen LogP contribution in [0.3, 0.4) is 0 Å². The van der Waals surface area contributed by atoms with Crippen molar-refractivity contribution in [2.24, 2.45) is 0 Å². The van der Waals surface area contributed by atoms with Crippen molar-refractivity contribution >= 4 is 5.91 Å². The SMILES string of the molecule is CCCC1NC(CC)C(=O)N1C1CC(OC)C1. The summed E-state index contributed by atoms with van der Waals surface area (Å²) in [4.78, 5) is 14.4. The zero-order chi connectivity index (χ0) is 12.4. The second kappa shape index (κ2) is 5.36. The molecule has 1 aliphatic heterocycles. The molecule has 1 N–H and O–H groups in total. The zero-order valence-corrected chi connectivity index (χ0v) is 11.1. The van der Waals surface area contributed by atoms with Gasteiger partial charge in [-0.05, 0) is 25.7 Å². The van der Waals surface area contributed by atoms with Gasteiger partial charge in [0.2, 0.25) is 5.91 Å². The van der Waals surface area contributed by atoms with Crippen molar-refractivity contribution < 1.29 is 9.53 Å². The largest absolute Gasteiger partial charge is 0.381 e. The zero-order valence-electron chi connectivity index (χ0n) is 11.1. The van der Waals surface area contributed by atoms with Gasteiger partial charge in [-0.25, -0.2) is 0 Å². The third kappa shape index (κ3) is 2.33. The number of carbonyl (C=O) groups excluding carboxylic acids is 1. The Morgan fingerprint density at radius 1 is 1.41 bits per heavy atom. The average Bonchev–Trinajstić information content (AvgIpc) is 2.56. The lowest BCUT2D eigenvalue weighted by atomic mass is 9.87. The van der Waals surface area contributed by atoms with Crippen LogP contribution in [0.15, 0.2) is 0 Å². The molecule has 1 saturated heterocycles. The van der Waals surface area contributed by atoms with E-state index in [4.69, 9.17) is 4.74 Å². The molecule has 1 aliphatic carbocycles. The van der Waals surface area contributed by atoms with Crippen molar-refractivity contribution in [3.63, 3.8) is 0 Å². The third-order valence-electron chi connectivity index (χ3n) is 4.05. The summed E-state index contributed by atoms with van der Waals surface area (Å²) in [5.41, 5.74) is 0. The number of ether oxygens (including phenoxy) is 1. The van der Waals surface area contributed by atoms with Gasteiger partial charge in [0.15, 0.2) is 0 Å². The number of hydrogen-bond acceptors (Lipinski definition) is 3. The maximum Gasteiger partial charge on any atom is 0.241 e. The highest BCUT2D eigenvalue weighted by Crippen LogP contribution is 2.32. The van der Waals surface area contributed by atoms with Gasteiger partial charge in [-0.1, -0.05) is 20.3 Å². The van der Waals surface area contributed by atoms with Crippen LogP contribution in [0.2, 0.25) is 0 Å². The molecule has 1 heterocycles. The second-order valence-electron chi connectivity index (χ2n) is 5.16. The minimum Gasteiger partial charge on any atom is -0.381 e. The van der Waals surface area contributed by atoms with Crippen LogP contribution in [0.4, 0.5) is 0 Å². The smallest absolute Gasteiger partial charge is 0.241 e. The van der Waals surface area contributed by atoms with Gasteiger partial charge in [-0.15, -0.1) is 0 Å². The summed E-state index contributed by atoms with van der Waals surface area (Å²) in [7, 11) is 1.75. The van der Waals surface area contributed by atoms with E-state index in [1.165, 1.54) is 0 Å². The molecule has 17 heavy (non-hydrogen) atoms. The number of nitrogens with zero attached hydrogens (tertiary/aromatic N) is 1. The number of carbonyl (C=O) groups is 1. The third-order valence-corrected chi connectivity index (χ3v) is 4.05. The monoisotopic (exact) mass is 240 g/mol. The number of rotatable bonds is 5. The Labute approximate surface area is 104 Å². The van der Waals surface area contributed by atoms with E-state index in [0.717, 1.165) is 32.1 Å². The molecular formula is C13H24N2O2. The summed E-state index contributed by atoms with van der Waals surface area (Å²) < 4.78 is 5.30. The lowest BCUT2D eigenvalue weighted by Gasteiger charge is -2.42. The fourth-order valence-corrected chi connectivity index (χ4v) is 2.90. The molecule has 4 heteroatoms. The van der Waals surface area contributed by atoms with Crippen LogP contribution >= 0.6 is 0 Å². The van der Waals surface area contributed by atoms with Crippen LogP contribution in [-0.2, 0) is 9.53 Å². The van der Waals surface area contributed by atoms with Gasteiger partial charge in [0.05, 0.1) is 18.3 Å². The summed E-state index contributed by atoms with van der Waals surface area (Å²) in [5.74, 6) is 0.297. The van der Waals surface area contributed by atoms with Crippen LogP contribution in [0, 0.1) is 0 Å². The van der Waals surface area contributed by atoms with Gasteiger partial charge < -0.3 is 9.64 Å². The van der Waals surface area contributed by atoms with Crippen LogP contribution in [-0.4, -0.2) is 42.3 Å². The van der Waals surface area contributed by atoms with Gasteiger partial charge in [0, 0.05) is 13.2 Å². The fourth-order valence-electron chi connectivity index (χ4n) is 2.90. The van der Waals surface area contributed by atoms with Crippen molar-refractivity contribution in [2.45, 2.75) is 70.3 Å². The molecule has 2 unspecified atom stereocenters. The van der Waals surface area contributed by atoms with Crippen LogP contribution < -0.4 is 5.32 Å². The minimum absolute atomic E-state index is 0.0353. The van der Waals surface area contributed by atoms with E-state index < -0.39 is 0 Å². The molecule has 2 fully saturated rings. The molecule has 4 nitrogen and oxygen atoms in total. The molecule has 2 atom stereocenters. The molecule has 0 bridgehead atoms. The average molecular weight is 240 g/mol. The highest BCUT2D eigenvalue weighted by atomic mass is 16.5. The van der Waals surface area contributed by atoms with Gasteiger partial charge in [-0.2, -0.15) is 0 Å². The molecule has 2 rings (SSSR count). The highest BCUT2D eigenvalue weighted by molar-refractivity contribution is 5.84. The lowest BCUT2D eigenvalue weighted by Crippen LogP contribution is -2.52. The first-order valence-electron chi connectivity index (χ1n) is 6.82. The van der Waals surface area contributed by atoms with Crippen molar-refractivity contribution in [1.82, 2.24) is 10.2 Å². The Morgan fingerprint density at radius 3 is 2.65 bits per heavy atom. The first-order valence-corrected chi connectivity index (χ1v) is 6.82. The molecule has 2 aliphatic rings. The standard InChI is InChI=1S/C13H24N2O2/c1-4-6-12-14-11(5-2)13(16)15(12)9-7-10(8-9)17-3/h9-12,14H,4-8H2,1-3H3. The molecule has 0 aromatic heterocycles. The van der Waals surface area contributed by atoms with Gasteiger partial charge >= 0.3 is 0 Å². The fraction of sp³-hybridized carbons (Fsp3) is 0.923. The van der Waals surface area contributed by atoms with E-state index in [2.05, 4.69) is 24.1 Å². The van der Waals surface area contributed by atoms with Crippen molar-refractivity contribution in [2.75, 3.05) is 7.11 Å². The van der Waals surface area contributed by atoms with Crippen LogP contribution in [0.25, 0.3) is 0 Å². The Kier molecular flexibility index (Phi) is 4.05. The normalized spacial score (nSPS) is 37.4. The summed E-state index contributed by atoms with van der Waals surface area (Å²) in [6.45, 7) is 4.24. The van der Waals surface area contributed by atoms with E-state index in [0.29, 0.717) is 18.1 Å². The molecule has 0 spiro atoms. The number of methoxy groups -OCH3 is 1. The number of nitrogens with one attached hydrogen (secondary N) is 1. The van der Waals surface area contributed by atoms with E-state index in [9.17, 15) is 4.79 Å². The maximum atomic E-state index is 12.3. The van der Waals surface area contributed by atoms with Crippen LogP contribution in [0.5, 0.6) is 0 Å². The maximum absolute atomic E-state index is 12.3. The quantitative estimate of drug-likeness (QED) is 0.792. The Bertz CT molecular complexity index is 277. The first kappa shape index (κ1) is 12.8. The van der Waals surface area contributed by atoms with Gasteiger partial charge in [-0.3, -0.25) is 10.1 Å². The van der Waals surface area contributed by atoms with Crippen molar-refractivity contribution in [3.8, 4) is 0 Å². The lowest BCUT2D eigenvalue weighted by molar-refractivity contribution is -0.137. The van der Waals surface area contributed by atoms with Gasteiger partial charge in [0.1, 0.15) is 0 Å². The summed E-state index contributed by atoms with van der Waals surface area (Å²) in [5, 5.41) is 3.46. The van der Waals surface area contributed by atoms with Gasteiger partial charge in [0.25, 0.3) is 0 Å². The van der Waals surface area contributed by atoms with Crippen molar-refractivity contribution in [3.05, 3.63) is 0 Å². The Morgan fingerprint density at radius 2 is 2.12 bits per heavy atom. The van der Waals surface area contributed by atoms with E-state index in [1.54, 1.807) is 7.11 Å². The predicted octanol–water partition coefficient (Wildman–Crippen LogP) is 1.50. The molecule has 0 aromatic rings. The van der Waals surface area contributed by atoms with E-state index >= 15 is 0 Å². The topological polar surface area (TPSA) is 41.6 Å². The Balaban J connectivity index is 1.99. The molecule has 98 valence electrons. The molecule has 0 radical (unpaired) electrons. The predicted molar refractivity (Wildman–Crippen MR) is 66.6 cm³/mol. The molecule has 1 saturated carbocycles. The summed E-state index contributed by atoms with van der Waals surface area (Å²) in [6.07, 6.45) is 5.65. The Hall–Kier alpha value is -0.610. The second-order valence-corrected chi connectivity index (χ2v) is 5.16.